The van der Waals surface area contributed by atoms with Gasteiger partial charge < -0.3 is 4.90 Å². The molecule has 0 fully saturated rings. The van der Waals surface area contributed by atoms with Gasteiger partial charge in [-0.05, 0) is 31.7 Å². The first-order chi connectivity index (χ1) is 9.76. The van der Waals surface area contributed by atoms with Gasteiger partial charge in [0.2, 0.25) is 0 Å². The molecular formula is C14H17N3OS2. The number of rotatable bonds is 3. The molecule has 3 rings (SSSR count). The first-order valence-corrected chi connectivity index (χ1v) is 8.70. The minimum absolute atomic E-state index is 0.0624. The molecular weight excluding hydrogens is 290 g/mol. The molecule has 0 saturated carbocycles. The van der Waals surface area contributed by atoms with E-state index in [0.717, 1.165) is 36.5 Å². The van der Waals surface area contributed by atoms with Crippen LogP contribution in [0.1, 0.15) is 29.9 Å². The van der Waals surface area contributed by atoms with Crippen LogP contribution in [0.15, 0.2) is 15.7 Å². The maximum absolute atomic E-state index is 12.6. The van der Waals surface area contributed by atoms with E-state index in [1.807, 2.05) is 30.5 Å². The largest absolute Gasteiger partial charge is 0.338 e. The lowest BCUT2D eigenvalue weighted by molar-refractivity contribution is 0.0766. The smallest absolute Gasteiger partial charge is 0.272 e. The molecule has 6 heteroatoms. The average molecular weight is 307 g/mol. The van der Waals surface area contributed by atoms with Gasteiger partial charge in [0.15, 0.2) is 0 Å². The van der Waals surface area contributed by atoms with Crippen LogP contribution in [0.4, 0.5) is 0 Å². The standard InChI is InChI=1S/C14H17N3OS2/c1-3-17(4-2)13(18)12-9-5-7-19-14-10(6-8-20-14)11(9)15-16-12/h6,8H,3-5,7H2,1-2H3,(H,15,16). The number of fused-ring (bicyclic) bond motifs is 3. The van der Waals surface area contributed by atoms with E-state index < -0.39 is 0 Å². The van der Waals surface area contributed by atoms with Crippen molar-refractivity contribution in [2.24, 2.45) is 0 Å². The summed E-state index contributed by atoms with van der Waals surface area (Å²) < 4.78 is 1.30. The first-order valence-electron chi connectivity index (χ1n) is 6.83. The van der Waals surface area contributed by atoms with Gasteiger partial charge in [0.25, 0.3) is 5.91 Å². The third-order valence-electron chi connectivity index (χ3n) is 3.60. The van der Waals surface area contributed by atoms with E-state index in [1.54, 1.807) is 11.3 Å². The second-order valence-corrected chi connectivity index (χ2v) is 6.90. The molecule has 1 aliphatic heterocycles. The summed E-state index contributed by atoms with van der Waals surface area (Å²) in [5, 5.41) is 9.49. The Hall–Kier alpha value is -1.27. The van der Waals surface area contributed by atoms with Crippen molar-refractivity contribution in [3.63, 3.8) is 0 Å². The molecule has 0 saturated heterocycles. The van der Waals surface area contributed by atoms with Gasteiger partial charge in [-0.2, -0.15) is 5.10 Å². The van der Waals surface area contributed by atoms with Gasteiger partial charge in [-0.1, -0.05) is 0 Å². The quantitative estimate of drug-likeness (QED) is 0.947. The topological polar surface area (TPSA) is 49.0 Å². The molecule has 0 aromatic carbocycles. The molecule has 0 bridgehead atoms. The monoisotopic (exact) mass is 307 g/mol. The lowest BCUT2D eigenvalue weighted by Gasteiger charge is -2.18. The number of thiophene rings is 1. The van der Waals surface area contributed by atoms with E-state index in [2.05, 4.69) is 21.6 Å². The fourth-order valence-electron chi connectivity index (χ4n) is 2.51. The predicted octanol–water partition coefficient (Wildman–Crippen LogP) is 3.27. The molecule has 0 spiro atoms. The maximum atomic E-state index is 12.6. The fraction of sp³-hybridized carbons (Fsp3) is 0.429. The van der Waals surface area contributed by atoms with Crippen molar-refractivity contribution in [3.05, 3.63) is 22.7 Å². The summed E-state index contributed by atoms with van der Waals surface area (Å²) in [6, 6.07) is 2.10. The Morgan fingerprint density at radius 1 is 1.45 bits per heavy atom. The zero-order valence-electron chi connectivity index (χ0n) is 11.6. The summed E-state index contributed by atoms with van der Waals surface area (Å²) in [7, 11) is 0. The summed E-state index contributed by atoms with van der Waals surface area (Å²) >= 11 is 3.61. The number of carbonyl (C=O) groups is 1. The Bertz CT molecular complexity index is 628. The van der Waals surface area contributed by atoms with Gasteiger partial charge in [0.05, 0.1) is 9.90 Å². The van der Waals surface area contributed by atoms with Crippen molar-refractivity contribution in [3.8, 4) is 11.3 Å². The summed E-state index contributed by atoms with van der Waals surface area (Å²) in [6.45, 7) is 5.45. The molecule has 0 aliphatic carbocycles. The van der Waals surface area contributed by atoms with Gasteiger partial charge in [0, 0.05) is 30.0 Å². The number of amides is 1. The highest BCUT2D eigenvalue weighted by molar-refractivity contribution is 8.01. The van der Waals surface area contributed by atoms with Crippen LogP contribution < -0.4 is 0 Å². The highest BCUT2D eigenvalue weighted by atomic mass is 32.2. The number of H-pyrrole nitrogens is 1. The second kappa shape index (κ2) is 5.61. The average Bonchev–Trinajstić information content (AvgIpc) is 3.04. The normalized spacial score (nSPS) is 13.5. The zero-order chi connectivity index (χ0) is 14.1. The van der Waals surface area contributed by atoms with Crippen molar-refractivity contribution in [1.29, 1.82) is 0 Å². The first kappa shape index (κ1) is 13.7. The van der Waals surface area contributed by atoms with E-state index in [0.29, 0.717) is 5.69 Å². The molecule has 2 aromatic heterocycles. The Morgan fingerprint density at radius 2 is 2.25 bits per heavy atom. The number of carbonyl (C=O) groups excluding carboxylic acids is 1. The van der Waals surface area contributed by atoms with E-state index in [9.17, 15) is 4.79 Å². The maximum Gasteiger partial charge on any atom is 0.272 e. The number of thioether (sulfide) groups is 1. The van der Waals surface area contributed by atoms with Gasteiger partial charge in [-0.3, -0.25) is 9.89 Å². The zero-order valence-corrected chi connectivity index (χ0v) is 13.2. The van der Waals surface area contributed by atoms with E-state index >= 15 is 0 Å². The molecule has 1 amide bonds. The van der Waals surface area contributed by atoms with Crippen molar-refractivity contribution in [2.75, 3.05) is 18.8 Å². The van der Waals surface area contributed by atoms with Crippen molar-refractivity contribution >= 4 is 29.0 Å². The highest BCUT2D eigenvalue weighted by Crippen LogP contribution is 2.41. The van der Waals surface area contributed by atoms with E-state index in [4.69, 9.17) is 0 Å². The number of nitrogens with zero attached hydrogens (tertiary/aromatic N) is 2. The molecule has 2 aromatic rings. The predicted molar refractivity (Wildman–Crippen MR) is 83.6 cm³/mol. The van der Waals surface area contributed by atoms with Crippen LogP contribution in [0.3, 0.4) is 0 Å². The number of hydrogen-bond acceptors (Lipinski definition) is 4. The molecule has 3 heterocycles. The lowest BCUT2D eigenvalue weighted by Crippen LogP contribution is -2.31. The van der Waals surface area contributed by atoms with Crippen LogP contribution in [-0.4, -0.2) is 39.8 Å². The van der Waals surface area contributed by atoms with Gasteiger partial charge in [-0.25, -0.2) is 0 Å². The lowest BCUT2D eigenvalue weighted by atomic mass is 10.1. The van der Waals surface area contributed by atoms with E-state index in [-0.39, 0.29) is 5.91 Å². The third kappa shape index (κ3) is 2.16. The Labute approximate surface area is 126 Å². The Morgan fingerprint density at radius 3 is 3.00 bits per heavy atom. The second-order valence-electron chi connectivity index (χ2n) is 4.62. The van der Waals surface area contributed by atoms with Crippen molar-refractivity contribution in [1.82, 2.24) is 15.1 Å². The number of aromatic nitrogens is 2. The summed E-state index contributed by atoms with van der Waals surface area (Å²) in [6.07, 6.45) is 0.889. The number of aromatic amines is 1. The fourth-order valence-corrected chi connectivity index (χ4v) is 4.63. The minimum Gasteiger partial charge on any atom is -0.338 e. The van der Waals surface area contributed by atoms with Crippen LogP contribution in [0.5, 0.6) is 0 Å². The van der Waals surface area contributed by atoms with E-state index in [1.165, 1.54) is 9.77 Å². The Kier molecular flexibility index (Phi) is 3.85. The van der Waals surface area contributed by atoms with Crippen LogP contribution in [-0.2, 0) is 6.42 Å². The van der Waals surface area contributed by atoms with Crippen LogP contribution in [0, 0.1) is 0 Å². The molecule has 0 radical (unpaired) electrons. The van der Waals surface area contributed by atoms with Crippen LogP contribution in [0.2, 0.25) is 0 Å². The van der Waals surface area contributed by atoms with Gasteiger partial charge in [0.1, 0.15) is 5.69 Å². The summed E-state index contributed by atoms with van der Waals surface area (Å²) in [4.78, 5) is 14.4. The molecule has 106 valence electrons. The summed E-state index contributed by atoms with van der Waals surface area (Å²) in [5.74, 6) is 1.06. The van der Waals surface area contributed by atoms with Crippen LogP contribution in [0.25, 0.3) is 11.3 Å². The molecule has 20 heavy (non-hydrogen) atoms. The Balaban J connectivity index is 2.04. The summed E-state index contributed by atoms with van der Waals surface area (Å²) in [5.41, 5.74) is 3.87. The molecule has 0 unspecified atom stereocenters. The number of hydrogen-bond donors (Lipinski definition) is 1. The third-order valence-corrected chi connectivity index (χ3v) is 5.84. The van der Waals surface area contributed by atoms with Gasteiger partial charge in [-0.15, -0.1) is 23.1 Å². The van der Waals surface area contributed by atoms with Crippen molar-refractivity contribution in [2.45, 2.75) is 24.5 Å². The molecule has 4 nitrogen and oxygen atoms in total. The number of nitrogens with one attached hydrogen (secondary N) is 1. The minimum atomic E-state index is 0.0624. The highest BCUT2D eigenvalue weighted by Gasteiger charge is 2.26. The van der Waals surface area contributed by atoms with Gasteiger partial charge >= 0.3 is 0 Å². The molecule has 1 aliphatic rings. The SMILES string of the molecule is CCN(CC)C(=O)c1[nH]nc2c1CCSc1sccc1-2. The van der Waals surface area contributed by atoms with Crippen LogP contribution >= 0.6 is 23.1 Å². The van der Waals surface area contributed by atoms with Crippen molar-refractivity contribution < 1.29 is 4.79 Å². The molecule has 0 atom stereocenters. The molecule has 1 N–H and O–H groups in total.